The summed E-state index contributed by atoms with van der Waals surface area (Å²) in [6.07, 6.45) is 58.0. The summed E-state index contributed by atoms with van der Waals surface area (Å²) >= 11 is 0. The van der Waals surface area contributed by atoms with Gasteiger partial charge in [-0.15, -0.1) is 0 Å². The van der Waals surface area contributed by atoms with Crippen molar-refractivity contribution in [2.75, 3.05) is 13.2 Å². The van der Waals surface area contributed by atoms with E-state index in [1.165, 1.54) is 238 Å². The number of nitrogens with one attached hydrogen (secondary N) is 1. The Bertz CT molecular complexity index is 1400. The lowest BCUT2D eigenvalue weighted by atomic mass is 9.99. The highest BCUT2D eigenvalue weighted by atomic mass is 16.7. The van der Waals surface area contributed by atoms with Gasteiger partial charge in [-0.3, -0.25) is 9.59 Å². The number of amides is 1. The molecule has 1 amide bonds. The molecule has 0 aromatic carbocycles. The third kappa shape index (κ3) is 44.6. The first-order valence-corrected chi connectivity index (χ1v) is 34.6. The number of allylic oxidation sites excluding steroid dienone is 3. The minimum atomic E-state index is -1.61. The molecule has 8 unspecified atom stereocenters. The fourth-order valence-electron chi connectivity index (χ4n) is 11.1. The Morgan fingerprint density at radius 3 is 1.21 bits per heavy atom. The minimum Gasteiger partial charge on any atom is -0.454 e. The van der Waals surface area contributed by atoms with E-state index in [9.17, 15) is 35.1 Å². The number of rotatable bonds is 60. The zero-order chi connectivity index (χ0) is 58.2. The van der Waals surface area contributed by atoms with E-state index in [4.69, 9.17) is 14.2 Å². The largest absolute Gasteiger partial charge is 0.454 e. The molecule has 80 heavy (non-hydrogen) atoms. The highest BCUT2D eigenvalue weighted by Crippen LogP contribution is 2.26. The number of unbranched alkanes of at least 4 members (excludes halogenated alkanes) is 44. The number of hydrogen-bond acceptors (Lipinski definition) is 10. The number of carbonyl (C=O) groups is 2. The van der Waals surface area contributed by atoms with Crippen molar-refractivity contribution in [3.05, 3.63) is 24.3 Å². The molecule has 0 spiro atoms. The first-order valence-electron chi connectivity index (χ1n) is 34.6. The molecule has 0 saturated carbocycles. The van der Waals surface area contributed by atoms with Gasteiger partial charge in [-0.1, -0.05) is 308 Å². The van der Waals surface area contributed by atoms with Gasteiger partial charge >= 0.3 is 5.97 Å². The van der Waals surface area contributed by atoms with Gasteiger partial charge in [-0.05, 0) is 51.4 Å². The van der Waals surface area contributed by atoms with E-state index in [2.05, 4.69) is 38.2 Å². The van der Waals surface area contributed by atoms with Gasteiger partial charge < -0.3 is 45.1 Å². The van der Waals surface area contributed by atoms with Crippen LogP contribution >= 0.6 is 0 Å². The molecule has 1 fully saturated rings. The predicted molar refractivity (Wildman–Crippen MR) is 334 cm³/mol. The summed E-state index contributed by atoms with van der Waals surface area (Å²) in [4.78, 5) is 26.6. The summed E-state index contributed by atoms with van der Waals surface area (Å²) in [5, 5.41) is 57.1. The molecule has 0 aromatic rings. The Hall–Kier alpha value is -1.86. The van der Waals surface area contributed by atoms with Crippen LogP contribution in [0.4, 0.5) is 0 Å². The maximum absolute atomic E-state index is 13.5. The number of aliphatic hydroxyl groups excluding tert-OH is 5. The van der Waals surface area contributed by atoms with E-state index in [0.29, 0.717) is 19.3 Å². The lowest BCUT2D eigenvalue weighted by Crippen LogP contribution is -2.61. The molecule has 1 aliphatic heterocycles. The fourth-order valence-corrected chi connectivity index (χ4v) is 11.1. The van der Waals surface area contributed by atoms with Crippen LogP contribution < -0.4 is 5.32 Å². The Labute approximate surface area is 492 Å². The molecule has 1 aliphatic rings. The molecular formula is C69H131NO10. The summed E-state index contributed by atoms with van der Waals surface area (Å²) in [6, 6.07) is -1.02. The predicted octanol–water partition coefficient (Wildman–Crippen LogP) is 17.2. The van der Waals surface area contributed by atoms with Gasteiger partial charge in [-0.2, -0.15) is 0 Å². The first-order chi connectivity index (χ1) is 39.2. The van der Waals surface area contributed by atoms with Gasteiger partial charge in [0.2, 0.25) is 5.91 Å². The standard InChI is InChI=1S/C69H131NO10/c1-4-7-10-13-16-19-22-25-27-28-29-30-31-32-33-34-35-37-38-41-44-47-50-53-56-62(73)68(77)70-60(61(72)55-52-49-46-43-40-24-21-18-15-12-9-6-3)59-78-69-67(66(76)65(75)63(58-71)79-69)80-64(74)57-54-51-48-45-42-39-36-26-23-20-17-14-11-8-5-2/h25,27,52,55,60-63,65-67,69,71-73,75-76H,4-24,26,28-51,53-54,56-59H2,1-3H3,(H,70,77)/b27-25+,55-52+. The van der Waals surface area contributed by atoms with Crippen molar-refractivity contribution in [2.24, 2.45) is 0 Å². The van der Waals surface area contributed by atoms with E-state index in [1.807, 2.05) is 6.08 Å². The highest BCUT2D eigenvalue weighted by molar-refractivity contribution is 5.80. The molecule has 11 nitrogen and oxygen atoms in total. The Kier molecular flexibility index (Phi) is 54.8. The molecule has 1 saturated heterocycles. The molecule has 0 aromatic heterocycles. The number of esters is 1. The van der Waals surface area contributed by atoms with Gasteiger partial charge in [-0.25, -0.2) is 0 Å². The van der Waals surface area contributed by atoms with Gasteiger partial charge in [0.15, 0.2) is 12.4 Å². The lowest BCUT2D eigenvalue weighted by Gasteiger charge is -2.41. The minimum absolute atomic E-state index is 0.130. The molecule has 0 radical (unpaired) electrons. The molecule has 1 rings (SSSR count). The van der Waals surface area contributed by atoms with Crippen LogP contribution in [0.25, 0.3) is 0 Å². The Morgan fingerprint density at radius 2 is 0.825 bits per heavy atom. The van der Waals surface area contributed by atoms with Gasteiger partial charge in [0, 0.05) is 6.42 Å². The monoisotopic (exact) mass is 1130 g/mol. The highest BCUT2D eigenvalue weighted by Gasteiger charge is 2.47. The van der Waals surface area contributed by atoms with E-state index < -0.39 is 67.4 Å². The van der Waals surface area contributed by atoms with Crippen molar-refractivity contribution in [1.29, 1.82) is 0 Å². The van der Waals surface area contributed by atoms with Crippen LogP contribution in [0.5, 0.6) is 0 Å². The maximum Gasteiger partial charge on any atom is 0.306 e. The number of hydrogen-bond donors (Lipinski definition) is 6. The summed E-state index contributed by atoms with van der Waals surface area (Å²) in [5.74, 6) is -1.18. The second-order valence-electron chi connectivity index (χ2n) is 24.3. The summed E-state index contributed by atoms with van der Waals surface area (Å²) in [7, 11) is 0. The van der Waals surface area contributed by atoms with Crippen molar-refractivity contribution < 1.29 is 49.3 Å². The third-order valence-electron chi connectivity index (χ3n) is 16.6. The molecule has 8 atom stereocenters. The van der Waals surface area contributed by atoms with E-state index >= 15 is 0 Å². The number of aliphatic hydroxyl groups is 5. The third-order valence-corrected chi connectivity index (χ3v) is 16.6. The Morgan fingerprint density at radius 1 is 0.475 bits per heavy atom. The fraction of sp³-hybridized carbons (Fsp3) is 0.913. The lowest BCUT2D eigenvalue weighted by molar-refractivity contribution is -0.305. The number of carbonyl (C=O) groups excluding carboxylic acids is 2. The van der Waals surface area contributed by atoms with Crippen LogP contribution in [0.3, 0.4) is 0 Å². The summed E-state index contributed by atoms with van der Waals surface area (Å²) in [5.41, 5.74) is 0. The van der Waals surface area contributed by atoms with Crippen molar-refractivity contribution in [1.82, 2.24) is 5.32 Å². The molecular weight excluding hydrogens is 1000 g/mol. The van der Waals surface area contributed by atoms with Gasteiger partial charge in [0.25, 0.3) is 0 Å². The summed E-state index contributed by atoms with van der Waals surface area (Å²) < 4.78 is 17.7. The molecule has 11 heteroatoms. The van der Waals surface area contributed by atoms with Crippen LogP contribution in [0, 0.1) is 0 Å². The Balaban J connectivity index is 2.57. The van der Waals surface area contributed by atoms with Crippen molar-refractivity contribution in [3.8, 4) is 0 Å². The molecule has 1 heterocycles. The van der Waals surface area contributed by atoms with Crippen LogP contribution in [0.15, 0.2) is 24.3 Å². The second-order valence-corrected chi connectivity index (χ2v) is 24.3. The van der Waals surface area contributed by atoms with Crippen LogP contribution in [-0.2, 0) is 23.8 Å². The van der Waals surface area contributed by atoms with Crippen molar-refractivity contribution in [2.45, 2.75) is 391 Å². The van der Waals surface area contributed by atoms with Crippen molar-refractivity contribution >= 4 is 11.9 Å². The average molecular weight is 1130 g/mol. The van der Waals surface area contributed by atoms with Gasteiger partial charge in [0.05, 0.1) is 25.4 Å². The van der Waals surface area contributed by atoms with E-state index in [-0.39, 0.29) is 13.0 Å². The van der Waals surface area contributed by atoms with Crippen LogP contribution in [0.1, 0.15) is 342 Å². The zero-order valence-corrected chi connectivity index (χ0v) is 52.5. The maximum atomic E-state index is 13.5. The van der Waals surface area contributed by atoms with E-state index in [0.717, 1.165) is 57.8 Å². The zero-order valence-electron chi connectivity index (χ0n) is 52.5. The second kappa shape index (κ2) is 57.6. The first kappa shape index (κ1) is 76.2. The number of ether oxygens (including phenoxy) is 3. The quantitative estimate of drug-likeness (QED) is 0.0195. The summed E-state index contributed by atoms with van der Waals surface area (Å²) in [6.45, 7) is 5.83. The van der Waals surface area contributed by atoms with Gasteiger partial charge in [0.1, 0.15) is 24.4 Å². The molecule has 0 aliphatic carbocycles. The molecule has 0 bridgehead atoms. The topological polar surface area (TPSA) is 175 Å². The normalized spacial score (nSPS) is 18.8. The van der Waals surface area contributed by atoms with Crippen molar-refractivity contribution in [3.63, 3.8) is 0 Å². The average Bonchev–Trinajstić information content (AvgIpc) is 3.46. The molecule has 472 valence electrons. The van der Waals surface area contributed by atoms with Crippen LogP contribution in [0.2, 0.25) is 0 Å². The molecule has 6 N–H and O–H groups in total. The van der Waals surface area contributed by atoms with Crippen LogP contribution in [-0.4, -0.2) is 99.6 Å². The SMILES string of the molecule is CCCCCCCC/C=C/CCCCCCCCCCCCCCCCC(O)C(=O)NC(COC1OC(CO)C(O)C(O)C1OC(=O)CCCCCCCCCCCCCCCCC)C(O)/C=C/CCCCCCCCCCCC. The smallest absolute Gasteiger partial charge is 0.306 e. The van der Waals surface area contributed by atoms with E-state index in [1.54, 1.807) is 6.08 Å².